The van der Waals surface area contributed by atoms with Gasteiger partial charge in [-0.25, -0.2) is 24.0 Å². The molecule has 0 aromatic carbocycles. The normalized spacial score (nSPS) is 16.4. The number of rotatable bonds is 3. The highest BCUT2D eigenvalue weighted by molar-refractivity contribution is 5.69. The van der Waals surface area contributed by atoms with E-state index in [0.717, 1.165) is 70.5 Å². The molecule has 6 aromatic heterocycles. The molecule has 1 saturated carbocycles. The molecule has 1 aliphatic carbocycles. The lowest BCUT2D eigenvalue weighted by Crippen LogP contribution is -2.52. The van der Waals surface area contributed by atoms with Crippen molar-refractivity contribution >= 4 is 22.6 Å². The highest BCUT2D eigenvalue weighted by atomic mass is 16.1. The molecule has 7 heterocycles. The van der Waals surface area contributed by atoms with E-state index in [4.69, 9.17) is 20.2 Å². The third kappa shape index (κ3) is 3.83. The number of hydrogen-bond donors (Lipinski definition) is 1. The van der Waals surface area contributed by atoms with Crippen LogP contribution in [0.15, 0.2) is 47.5 Å². The quantitative estimate of drug-likeness (QED) is 0.360. The van der Waals surface area contributed by atoms with Gasteiger partial charge in [-0.15, -0.1) is 0 Å². The Morgan fingerprint density at radius 1 is 0.854 bits per heavy atom. The van der Waals surface area contributed by atoms with Gasteiger partial charge in [-0.2, -0.15) is 10.2 Å². The summed E-state index contributed by atoms with van der Waals surface area (Å²) in [7, 11) is 0. The molecular weight excluding hydrogens is 516 g/mol. The second-order valence-electron chi connectivity index (χ2n) is 11.6. The first kappa shape index (κ1) is 24.2. The number of aryl methyl sites for hydroxylation is 4. The van der Waals surface area contributed by atoms with Gasteiger partial charge in [0.2, 0.25) is 0 Å². The van der Waals surface area contributed by atoms with E-state index in [0.29, 0.717) is 17.0 Å². The molecule has 2 fully saturated rings. The molecule has 1 aliphatic heterocycles. The molecule has 0 atom stereocenters. The number of aromatic nitrogens is 8. The van der Waals surface area contributed by atoms with E-state index in [-0.39, 0.29) is 11.1 Å². The van der Waals surface area contributed by atoms with Crippen molar-refractivity contribution in [3.63, 3.8) is 0 Å². The minimum atomic E-state index is -0.136. The first-order valence-corrected chi connectivity index (χ1v) is 14.0. The van der Waals surface area contributed by atoms with Gasteiger partial charge in [0.1, 0.15) is 22.7 Å². The zero-order valence-electron chi connectivity index (χ0n) is 23.5. The lowest BCUT2D eigenvalue weighted by atomic mass is 10.1. The van der Waals surface area contributed by atoms with Crippen molar-refractivity contribution < 1.29 is 0 Å². The summed E-state index contributed by atoms with van der Waals surface area (Å²) in [6.45, 7) is 10.8. The monoisotopic (exact) mass is 546 g/mol. The van der Waals surface area contributed by atoms with E-state index in [2.05, 4.69) is 21.3 Å². The van der Waals surface area contributed by atoms with Crippen LogP contribution in [0.25, 0.3) is 39.7 Å². The van der Waals surface area contributed by atoms with Gasteiger partial charge >= 0.3 is 0 Å². The van der Waals surface area contributed by atoms with Gasteiger partial charge < -0.3 is 10.2 Å². The Balaban J connectivity index is 1.23. The van der Waals surface area contributed by atoms with Gasteiger partial charge in [0, 0.05) is 37.4 Å². The molecule has 6 aromatic rings. The number of nitrogens with zero attached hydrogens (tertiary/aromatic N) is 9. The SMILES string of the molecule is Cc1cn2nc(-c3c(C)nc4c(C)cc(-c5cc(=O)n6cc(N7CCNC8(CC8)C7)ccc6n5)nn34)cc(C)c2n1. The molecule has 0 bridgehead atoms. The first-order chi connectivity index (χ1) is 19.8. The largest absolute Gasteiger partial charge is 0.367 e. The van der Waals surface area contributed by atoms with Gasteiger partial charge in [0.05, 0.1) is 29.0 Å². The molecular formula is C30H30N10O. The zero-order chi connectivity index (χ0) is 28.0. The fourth-order valence-corrected chi connectivity index (χ4v) is 6.13. The van der Waals surface area contributed by atoms with Gasteiger partial charge in [-0.3, -0.25) is 9.20 Å². The maximum atomic E-state index is 13.4. The minimum Gasteiger partial charge on any atom is -0.367 e. The fourth-order valence-electron chi connectivity index (χ4n) is 6.13. The van der Waals surface area contributed by atoms with Crippen LogP contribution in [0, 0.1) is 27.7 Å². The summed E-state index contributed by atoms with van der Waals surface area (Å²) < 4.78 is 5.26. The van der Waals surface area contributed by atoms with Crippen molar-refractivity contribution in [3.8, 4) is 22.8 Å². The maximum absolute atomic E-state index is 13.4. The van der Waals surface area contributed by atoms with Crippen molar-refractivity contribution in [2.45, 2.75) is 46.1 Å². The second kappa shape index (κ2) is 8.43. The van der Waals surface area contributed by atoms with Crippen molar-refractivity contribution in [3.05, 3.63) is 75.6 Å². The van der Waals surface area contributed by atoms with Crippen LogP contribution >= 0.6 is 0 Å². The Kier molecular flexibility index (Phi) is 4.97. The highest BCUT2D eigenvalue weighted by Gasteiger charge is 2.45. The van der Waals surface area contributed by atoms with E-state index in [1.54, 1.807) is 15.0 Å². The van der Waals surface area contributed by atoms with E-state index < -0.39 is 0 Å². The van der Waals surface area contributed by atoms with Gasteiger partial charge in [0.15, 0.2) is 11.3 Å². The lowest BCUT2D eigenvalue weighted by Gasteiger charge is -2.35. The van der Waals surface area contributed by atoms with Crippen LogP contribution < -0.4 is 15.8 Å². The number of piperazine rings is 1. The van der Waals surface area contributed by atoms with E-state index in [9.17, 15) is 4.79 Å². The third-order valence-electron chi connectivity index (χ3n) is 8.42. The Morgan fingerprint density at radius 2 is 1.66 bits per heavy atom. The Morgan fingerprint density at radius 3 is 2.49 bits per heavy atom. The van der Waals surface area contributed by atoms with Crippen LogP contribution in [-0.2, 0) is 0 Å². The topological polar surface area (TPSA) is 110 Å². The van der Waals surface area contributed by atoms with E-state index in [1.165, 1.54) is 12.8 Å². The molecule has 0 amide bonds. The van der Waals surface area contributed by atoms with Crippen molar-refractivity contribution in [2.24, 2.45) is 0 Å². The lowest BCUT2D eigenvalue weighted by molar-refractivity contribution is 0.442. The summed E-state index contributed by atoms with van der Waals surface area (Å²) in [6.07, 6.45) is 6.25. The fraction of sp³-hybridized carbons (Fsp3) is 0.333. The predicted octanol–water partition coefficient (Wildman–Crippen LogP) is 3.29. The molecule has 1 saturated heterocycles. The number of nitrogens with one attached hydrogen (secondary N) is 1. The molecule has 1 N–H and O–H groups in total. The van der Waals surface area contributed by atoms with E-state index >= 15 is 0 Å². The Labute approximate surface area is 235 Å². The number of pyridine rings is 1. The van der Waals surface area contributed by atoms with Crippen LogP contribution in [0.5, 0.6) is 0 Å². The third-order valence-corrected chi connectivity index (χ3v) is 8.42. The summed E-state index contributed by atoms with van der Waals surface area (Å²) in [5.41, 5.74) is 9.68. The summed E-state index contributed by atoms with van der Waals surface area (Å²) in [4.78, 5) is 30.0. The van der Waals surface area contributed by atoms with Crippen LogP contribution in [0.4, 0.5) is 5.69 Å². The average molecular weight is 547 g/mol. The summed E-state index contributed by atoms with van der Waals surface area (Å²) in [5, 5.41) is 13.4. The summed E-state index contributed by atoms with van der Waals surface area (Å²) >= 11 is 0. The van der Waals surface area contributed by atoms with Crippen LogP contribution in [0.2, 0.25) is 0 Å². The smallest absolute Gasteiger partial charge is 0.258 e. The van der Waals surface area contributed by atoms with Gasteiger partial charge in [-0.05, 0) is 75.9 Å². The Bertz CT molecular complexity index is 2100. The number of hydrogen-bond acceptors (Lipinski definition) is 8. The summed E-state index contributed by atoms with van der Waals surface area (Å²) in [5.74, 6) is 0. The molecule has 206 valence electrons. The molecule has 8 rings (SSSR count). The molecule has 11 nitrogen and oxygen atoms in total. The predicted molar refractivity (Wildman–Crippen MR) is 157 cm³/mol. The Hall–Kier alpha value is -4.64. The highest BCUT2D eigenvalue weighted by Crippen LogP contribution is 2.38. The molecule has 0 unspecified atom stereocenters. The van der Waals surface area contributed by atoms with Crippen molar-refractivity contribution in [1.82, 2.24) is 43.9 Å². The number of fused-ring (bicyclic) bond motifs is 3. The van der Waals surface area contributed by atoms with Crippen molar-refractivity contribution in [1.29, 1.82) is 0 Å². The second-order valence-corrected chi connectivity index (χ2v) is 11.6. The van der Waals surface area contributed by atoms with Crippen LogP contribution in [-0.4, -0.2) is 63.8 Å². The standard InChI is InChI=1S/C30H30N10O/c1-17-12-24(35-39-14-19(3)32-28(17)39)27-20(4)33-29-18(2)11-23(36-40(27)29)22-13-26(41)38-15-21(5-6-25(38)34-22)37-10-9-31-30(16-37)7-8-30/h5-6,11-15,31H,7-10,16H2,1-4H3. The molecule has 2 aliphatic rings. The van der Waals surface area contributed by atoms with Crippen molar-refractivity contribution in [2.75, 3.05) is 24.5 Å². The zero-order valence-corrected chi connectivity index (χ0v) is 23.5. The molecule has 11 heteroatoms. The summed E-state index contributed by atoms with van der Waals surface area (Å²) in [6, 6.07) is 9.51. The van der Waals surface area contributed by atoms with Gasteiger partial charge in [-0.1, -0.05) is 0 Å². The maximum Gasteiger partial charge on any atom is 0.258 e. The van der Waals surface area contributed by atoms with Crippen LogP contribution in [0.1, 0.15) is 35.4 Å². The minimum absolute atomic E-state index is 0.136. The van der Waals surface area contributed by atoms with Gasteiger partial charge in [0.25, 0.3) is 5.56 Å². The molecule has 41 heavy (non-hydrogen) atoms. The molecule has 0 radical (unpaired) electrons. The first-order valence-electron chi connectivity index (χ1n) is 14.0. The number of imidazole rings is 2. The number of anilines is 1. The van der Waals surface area contributed by atoms with E-state index in [1.807, 2.05) is 62.8 Å². The molecule has 1 spiro atoms. The average Bonchev–Trinajstić information content (AvgIpc) is 3.41. The van der Waals surface area contributed by atoms with Crippen LogP contribution in [0.3, 0.4) is 0 Å².